The summed E-state index contributed by atoms with van der Waals surface area (Å²) >= 11 is 0. The molecule has 1 unspecified atom stereocenters. The Kier molecular flexibility index (Phi) is 11.7. The summed E-state index contributed by atoms with van der Waals surface area (Å²) in [6.07, 6.45) is 10.0. The highest BCUT2D eigenvalue weighted by Crippen LogP contribution is 2.41. The molecule has 7 aromatic carbocycles. The quantitative estimate of drug-likeness (QED) is 0.128. The molecular formula is C51H49N3. The Balaban J connectivity index is 0.00000120. The van der Waals surface area contributed by atoms with Crippen molar-refractivity contribution in [2.75, 3.05) is 0 Å². The van der Waals surface area contributed by atoms with Crippen LogP contribution in [0.15, 0.2) is 183 Å². The molecule has 268 valence electrons. The second-order valence-corrected chi connectivity index (χ2v) is 12.8. The topological polar surface area (TPSA) is 57.0 Å². The molecule has 3 heteroatoms. The lowest BCUT2D eigenvalue weighted by atomic mass is 9.94. The van der Waals surface area contributed by atoms with Gasteiger partial charge in [0, 0.05) is 38.8 Å². The van der Waals surface area contributed by atoms with Crippen molar-refractivity contribution in [3.63, 3.8) is 0 Å². The number of nitrogens with zero attached hydrogens (tertiary/aromatic N) is 1. The zero-order valence-electron chi connectivity index (χ0n) is 31.8. The van der Waals surface area contributed by atoms with E-state index in [9.17, 15) is 0 Å². The first-order valence-electron chi connectivity index (χ1n) is 18.7. The van der Waals surface area contributed by atoms with Crippen LogP contribution in [-0.4, -0.2) is 4.57 Å². The number of fused-ring (bicyclic) bond motifs is 6. The van der Waals surface area contributed by atoms with Crippen LogP contribution in [0.3, 0.4) is 0 Å². The van der Waals surface area contributed by atoms with Gasteiger partial charge in [-0.25, -0.2) is 0 Å². The molecule has 8 aromatic rings. The van der Waals surface area contributed by atoms with Crippen LogP contribution in [0.5, 0.6) is 0 Å². The molecule has 0 amide bonds. The number of benzene rings is 7. The van der Waals surface area contributed by atoms with E-state index in [1.54, 1.807) is 0 Å². The zero-order valence-corrected chi connectivity index (χ0v) is 31.8. The summed E-state index contributed by atoms with van der Waals surface area (Å²) in [4.78, 5) is 0. The van der Waals surface area contributed by atoms with Gasteiger partial charge in [-0.1, -0.05) is 159 Å². The van der Waals surface area contributed by atoms with Gasteiger partial charge in [-0.3, -0.25) is 0 Å². The number of aromatic nitrogens is 1. The molecule has 3 nitrogen and oxygen atoms in total. The van der Waals surface area contributed by atoms with Crippen molar-refractivity contribution < 1.29 is 0 Å². The Morgan fingerprint density at radius 3 is 2.04 bits per heavy atom. The number of rotatable bonds is 7. The average molecular weight is 704 g/mol. The van der Waals surface area contributed by atoms with E-state index in [4.69, 9.17) is 11.5 Å². The maximum absolute atomic E-state index is 6.66. The maximum Gasteiger partial charge on any atom is 0.0619 e. The first-order valence-corrected chi connectivity index (χ1v) is 18.7. The molecule has 0 spiro atoms. The fraction of sp³-hybridized carbons (Fsp3) is 0.0980. The van der Waals surface area contributed by atoms with Crippen LogP contribution in [0, 0.1) is 0 Å². The van der Waals surface area contributed by atoms with E-state index in [-0.39, 0.29) is 6.04 Å². The molecule has 0 aliphatic rings. The van der Waals surface area contributed by atoms with Crippen LogP contribution < -0.4 is 11.5 Å². The third kappa shape index (κ3) is 6.90. The van der Waals surface area contributed by atoms with Crippen LogP contribution in [0.2, 0.25) is 0 Å². The van der Waals surface area contributed by atoms with E-state index >= 15 is 0 Å². The van der Waals surface area contributed by atoms with Gasteiger partial charge in [-0.05, 0) is 76.7 Å². The Hall–Kier alpha value is -6.42. The fourth-order valence-corrected chi connectivity index (χ4v) is 7.46. The molecule has 8 rings (SSSR count). The highest BCUT2D eigenvalue weighted by atomic mass is 15.0. The predicted molar refractivity (Wildman–Crippen MR) is 238 cm³/mol. The van der Waals surface area contributed by atoms with Gasteiger partial charge in [0.25, 0.3) is 0 Å². The van der Waals surface area contributed by atoms with Gasteiger partial charge in [0.05, 0.1) is 16.7 Å². The summed E-state index contributed by atoms with van der Waals surface area (Å²) in [6.45, 7) is 14.0. The van der Waals surface area contributed by atoms with Crippen LogP contribution in [0.4, 0.5) is 0 Å². The lowest BCUT2D eigenvalue weighted by molar-refractivity contribution is 0.912. The lowest BCUT2D eigenvalue weighted by Crippen LogP contribution is -2.08. The average Bonchev–Trinajstić information content (AvgIpc) is 3.57. The van der Waals surface area contributed by atoms with Crippen LogP contribution in [0.25, 0.3) is 77.0 Å². The minimum atomic E-state index is -0.187. The van der Waals surface area contributed by atoms with Gasteiger partial charge >= 0.3 is 0 Å². The molecule has 4 N–H and O–H groups in total. The Bertz CT molecular complexity index is 2660. The summed E-state index contributed by atoms with van der Waals surface area (Å²) in [6, 6.07) is 50.1. The van der Waals surface area contributed by atoms with Crippen LogP contribution >= 0.6 is 0 Å². The second kappa shape index (κ2) is 16.9. The fourth-order valence-electron chi connectivity index (χ4n) is 7.46. The van der Waals surface area contributed by atoms with Crippen molar-refractivity contribution in [3.05, 3.63) is 194 Å². The lowest BCUT2D eigenvalue weighted by Gasteiger charge is -2.16. The Morgan fingerprint density at radius 1 is 0.611 bits per heavy atom. The minimum Gasteiger partial charge on any atom is -0.398 e. The highest BCUT2D eigenvalue weighted by Gasteiger charge is 2.19. The van der Waals surface area contributed by atoms with Crippen molar-refractivity contribution in [1.29, 1.82) is 0 Å². The molecule has 0 bridgehead atoms. The molecule has 0 fully saturated rings. The normalized spacial score (nSPS) is 12.3. The van der Waals surface area contributed by atoms with E-state index in [0.717, 1.165) is 50.3 Å². The van der Waals surface area contributed by atoms with E-state index in [1.165, 1.54) is 37.8 Å². The van der Waals surface area contributed by atoms with Gasteiger partial charge in [0.2, 0.25) is 0 Å². The van der Waals surface area contributed by atoms with E-state index < -0.39 is 0 Å². The van der Waals surface area contributed by atoms with Crippen LogP contribution in [-0.2, 0) is 0 Å². The summed E-state index contributed by atoms with van der Waals surface area (Å²) in [5.41, 5.74) is 24.1. The summed E-state index contributed by atoms with van der Waals surface area (Å²) in [5, 5.41) is 7.22. The van der Waals surface area contributed by atoms with Gasteiger partial charge in [-0.2, -0.15) is 0 Å². The van der Waals surface area contributed by atoms with Gasteiger partial charge < -0.3 is 16.0 Å². The molecule has 1 heterocycles. The minimum absolute atomic E-state index is 0.187. The van der Waals surface area contributed by atoms with Gasteiger partial charge in [-0.15, -0.1) is 13.2 Å². The standard InChI is InChI=1S/C47H39N3.C2H6.C2H4/c1-3-5-21-44(49)40-20-11-8-16-35(40)32-23-26-38-33(29-32)25-28-42-41-27-24-34(36-17-9-10-19-39(36)43(48)13-4-2)30-46(41)50(47(38)42)45-22-12-15-31-14-6-7-18-37(31)45;2*1-2/h3-30,43H,48-49H2,1-2H3;1-2H3;1-2H2/b5-3-,13-4-,44-21-;;. The van der Waals surface area contributed by atoms with Crippen molar-refractivity contribution in [3.8, 4) is 27.9 Å². The molecule has 0 aliphatic carbocycles. The Morgan fingerprint density at radius 2 is 1.26 bits per heavy atom. The SMILES string of the molecule is C/C=C\C=C(/N)c1ccccc1-c1ccc2c(ccc3c4ccc(-c5ccccc5C(N)/C=C\C)cc4n(-c4cccc5ccccc45)c23)c1.C=C.CC. The first kappa shape index (κ1) is 37.3. The summed E-state index contributed by atoms with van der Waals surface area (Å²) < 4.78 is 2.47. The molecule has 0 aliphatic heterocycles. The summed E-state index contributed by atoms with van der Waals surface area (Å²) in [7, 11) is 0. The second-order valence-electron chi connectivity index (χ2n) is 12.8. The predicted octanol–water partition coefficient (Wildman–Crippen LogP) is 13.7. The smallest absolute Gasteiger partial charge is 0.0619 e. The monoisotopic (exact) mass is 703 g/mol. The van der Waals surface area contributed by atoms with Gasteiger partial charge in [0.1, 0.15) is 0 Å². The molecular weight excluding hydrogens is 655 g/mol. The van der Waals surface area contributed by atoms with Crippen molar-refractivity contribution in [2.24, 2.45) is 11.5 Å². The molecule has 1 aromatic heterocycles. The zero-order chi connectivity index (χ0) is 38.2. The number of nitrogens with two attached hydrogens (primary N) is 2. The summed E-state index contributed by atoms with van der Waals surface area (Å²) in [5.74, 6) is 0. The first-order chi connectivity index (χ1) is 26.6. The maximum atomic E-state index is 6.66. The number of hydrogen-bond acceptors (Lipinski definition) is 2. The highest BCUT2D eigenvalue weighted by molar-refractivity contribution is 6.20. The van der Waals surface area contributed by atoms with E-state index in [2.05, 4.69) is 157 Å². The number of hydrogen-bond donors (Lipinski definition) is 2. The number of allylic oxidation sites excluding steroid dienone is 4. The molecule has 1 atom stereocenters. The largest absolute Gasteiger partial charge is 0.398 e. The molecule has 54 heavy (non-hydrogen) atoms. The van der Waals surface area contributed by atoms with E-state index in [1.807, 2.05) is 58.1 Å². The Labute approximate surface area is 319 Å². The van der Waals surface area contributed by atoms with Crippen LogP contribution in [0.1, 0.15) is 44.9 Å². The molecule has 0 saturated carbocycles. The molecule has 0 saturated heterocycles. The van der Waals surface area contributed by atoms with E-state index in [0.29, 0.717) is 0 Å². The molecule has 0 radical (unpaired) electrons. The van der Waals surface area contributed by atoms with Crippen molar-refractivity contribution in [1.82, 2.24) is 4.57 Å². The third-order valence-corrected chi connectivity index (χ3v) is 9.80. The third-order valence-electron chi connectivity index (χ3n) is 9.80. The van der Waals surface area contributed by atoms with Gasteiger partial charge in [0.15, 0.2) is 0 Å². The van der Waals surface area contributed by atoms with Crippen molar-refractivity contribution >= 4 is 49.0 Å². The van der Waals surface area contributed by atoms with Crippen molar-refractivity contribution in [2.45, 2.75) is 33.7 Å².